The van der Waals surface area contributed by atoms with E-state index in [1.165, 1.54) is 0 Å². The molecule has 0 radical (unpaired) electrons. The number of methoxy groups -OCH3 is 1. The van der Waals surface area contributed by atoms with Crippen LogP contribution in [0, 0.1) is 6.92 Å². The smallest absolute Gasteiger partial charge is 0.321 e. The van der Waals surface area contributed by atoms with Gasteiger partial charge in [-0.3, -0.25) is 9.69 Å². The lowest BCUT2D eigenvalue weighted by molar-refractivity contribution is -0.145. The van der Waals surface area contributed by atoms with E-state index in [-0.39, 0.29) is 0 Å². The Hall–Kier alpha value is -1.59. The Morgan fingerprint density at radius 2 is 2.15 bits per heavy atom. The van der Waals surface area contributed by atoms with Gasteiger partial charge < -0.3 is 14.6 Å². The molecule has 1 aliphatic rings. The van der Waals surface area contributed by atoms with Crippen LogP contribution in [0.1, 0.15) is 11.1 Å². The summed E-state index contributed by atoms with van der Waals surface area (Å²) in [6, 6.07) is 5.32. The summed E-state index contributed by atoms with van der Waals surface area (Å²) in [5, 5.41) is 9.50. The number of hydrogen-bond donors (Lipinski definition) is 1. The number of aryl methyl sites for hydroxylation is 1. The number of ether oxygens (including phenoxy) is 2. The third kappa shape index (κ3) is 3.49. The van der Waals surface area contributed by atoms with E-state index in [9.17, 15) is 9.90 Å². The standard InChI is InChI=1S/C15H21NO4/c1-11-3-4-14(19-2)12(9-11)10-13(15(17)18)16-5-7-20-8-6-16/h3-4,9,13H,5-8,10H2,1-2H3,(H,17,18)/t13-/m0/s1. The molecule has 5 nitrogen and oxygen atoms in total. The minimum atomic E-state index is -0.796. The minimum Gasteiger partial charge on any atom is -0.496 e. The maximum absolute atomic E-state index is 11.6. The highest BCUT2D eigenvalue weighted by Crippen LogP contribution is 2.23. The van der Waals surface area contributed by atoms with Crippen molar-refractivity contribution in [1.82, 2.24) is 4.90 Å². The van der Waals surface area contributed by atoms with E-state index >= 15 is 0 Å². The van der Waals surface area contributed by atoms with Gasteiger partial charge in [0.1, 0.15) is 11.8 Å². The largest absolute Gasteiger partial charge is 0.496 e. The van der Waals surface area contributed by atoms with Gasteiger partial charge in [-0.2, -0.15) is 0 Å². The molecule has 20 heavy (non-hydrogen) atoms. The molecule has 5 heteroatoms. The fourth-order valence-electron chi connectivity index (χ4n) is 2.54. The van der Waals surface area contributed by atoms with Gasteiger partial charge >= 0.3 is 5.97 Å². The lowest BCUT2D eigenvalue weighted by Gasteiger charge is -2.32. The summed E-state index contributed by atoms with van der Waals surface area (Å²) in [5.74, 6) is -0.0504. The maximum Gasteiger partial charge on any atom is 0.321 e. The van der Waals surface area contributed by atoms with Gasteiger partial charge in [-0.25, -0.2) is 0 Å². The highest BCUT2D eigenvalue weighted by Gasteiger charge is 2.28. The molecule has 2 rings (SSSR count). The molecule has 0 unspecified atom stereocenters. The van der Waals surface area contributed by atoms with Crippen LogP contribution in [0.3, 0.4) is 0 Å². The van der Waals surface area contributed by atoms with E-state index < -0.39 is 12.0 Å². The highest BCUT2D eigenvalue weighted by molar-refractivity contribution is 5.74. The third-order valence-corrected chi connectivity index (χ3v) is 3.62. The van der Waals surface area contributed by atoms with Crippen LogP contribution in [0.2, 0.25) is 0 Å². The predicted molar refractivity (Wildman–Crippen MR) is 75.3 cm³/mol. The Labute approximate surface area is 119 Å². The van der Waals surface area contributed by atoms with Gasteiger partial charge in [0.2, 0.25) is 0 Å². The summed E-state index contributed by atoms with van der Waals surface area (Å²) in [7, 11) is 1.61. The molecule has 1 aliphatic heterocycles. The average Bonchev–Trinajstić information content (AvgIpc) is 2.45. The monoisotopic (exact) mass is 279 g/mol. The van der Waals surface area contributed by atoms with Crippen LogP contribution >= 0.6 is 0 Å². The fraction of sp³-hybridized carbons (Fsp3) is 0.533. The zero-order valence-corrected chi connectivity index (χ0v) is 12.0. The molecule has 1 aromatic carbocycles. The van der Waals surface area contributed by atoms with E-state index in [0.717, 1.165) is 16.9 Å². The van der Waals surface area contributed by atoms with Crippen molar-refractivity contribution in [3.8, 4) is 5.75 Å². The molecule has 0 aliphatic carbocycles. The molecule has 0 aromatic heterocycles. The van der Waals surface area contributed by atoms with Crippen LogP contribution < -0.4 is 4.74 Å². The van der Waals surface area contributed by atoms with Gasteiger partial charge in [-0.1, -0.05) is 17.7 Å². The van der Waals surface area contributed by atoms with E-state index in [2.05, 4.69) is 0 Å². The van der Waals surface area contributed by atoms with E-state index in [4.69, 9.17) is 9.47 Å². The molecule has 0 spiro atoms. The normalized spacial score (nSPS) is 17.7. The van der Waals surface area contributed by atoms with E-state index in [0.29, 0.717) is 32.7 Å². The van der Waals surface area contributed by atoms with Gasteiger partial charge in [0.15, 0.2) is 0 Å². The molecule has 0 amide bonds. The first kappa shape index (κ1) is 14.8. The first-order chi connectivity index (χ1) is 9.61. The minimum absolute atomic E-state index is 0.445. The van der Waals surface area contributed by atoms with Crippen LogP contribution in [0.5, 0.6) is 5.75 Å². The Kier molecular flexibility index (Phi) is 4.98. The second kappa shape index (κ2) is 6.72. The SMILES string of the molecule is COc1ccc(C)cc1C[C@@H](C(=O)O)N1CCOCC1. The first-order valence-electron chi connectivity index (χ1n) is 6.80. The molecule has 1 aromatic rings. The topological polar surface area (TPSA) is 59.0 Å². The zero-order valence-electron chi connectivity index (χ0n) is 12.0. The van der Waals surface area contributed by atoms with Crippen molar-refractivity contribution in [2.45, 2.75) is 19.4 Å². The number of benzene rings is 1. The van der Waals surface area contributed by atoms with Crippen molar-refractivity contribution in [2.24, 2.45) is 0 Å². The molecule has 1 fully saturated rings. The second-order valence-electron chi connectivity index (χ2n) is 5.02. The highest BCUT2D eigenvalue weighted by atomic mass is 16.5. The van der Waals surface area contributed by atoms with Crippen molar-refractivity contribution in [2.75, 3.05) is 33.4 Å². The molecule has 110 valence electrons. The van der Waals surface area contributed by atoms with Gasteiger partial charge in [0.05, 0.1) is 20.3 Å². The summed E-state index contributed by atoms with van der Waals surface area (Å²) >= 11 is 0. The lowest BCUT2D eigenvalue weighted by Crippen LogP contribution is -2.48. The Morgan fingerprint density at radius 3 is 2.75 bits per heavy atom. The van der Waals surface area contributed by atoms with Gasteiger partial charge in [0, 0.05) is 19.5 Å². The molecule has 1 N–H and O–H groups in total. The Balaban J connectivity index is 2.19. The van der Waals surface area contributed by atoms with Crippen molar-refractivity contribution in [1.29, 1.82) is 0 Å². The maximum atomic E-state index is 11.6. The van der Waals surface area contributed by atoms with Gasteiger partial charge in [0.25, 0.3) is 0 Å². The average molecular weight is 279 g/mol. The Bertz CT molecular complexity index is 469. The fourth-order valence-corrected chi connectivity index (χ4v) is 2.54. The van der Waals surface area contributed by atoms with Gasteiger partial charge in [-0.05, 0) is 18.6 Å². The van der Waals surface area contributed by atoms with Crippen LogP contribution in [-0.2, 0) is 16.0 Å². The molecular formula is C15H21NO4. The van der Waals surface area contributed by atoms with E-state index in [1.807, 2.05) is 30.0 Å². The number of nitrogens with zero attached hydrogens (tertiary/aromatic N) is 1. The van der Waals surface area contributed by atoms with Gasteiger partial charge in [-0.15, -0.1) is 0 Å². The van der Waals surface area contributed by atoms with Crippen molar-refractivity contribution < 1.29 is 19.4 Å². The van der Waals surface area contributed by atoms with Crippen molar-refractivity contribution >= 4 is 5.97 Å². The van der Waals surface area contributed by atoms with Crippen LogP contribution in [0.25, 0.3) is 0 Å². The third-order valence-electron chi connectivity index (χ3n) is 3.62. The number of rotatable bonds is 5. The lowest BCUT2D eigenvalue weighted by atomic mass is 10.0. The number of carbonyl (C=O) groups is 1. The van der Waals surface area contributed by atoms with Crippen LogP contribution in [0.4, 0.5) is 0 Å². The summed E-state index contributed by atoms with van der Waals surface area (Å²) in [6.45, 7) is 4.49. The number of hydrogen-bond acceptors (Lipinski definition) is 4. The van der Waals surface area contributed by atoms with Crippen molar-refractivity contribution in [3.05, 3.63) is 29.3 Å². The summed E-state index contributed by atoms with van der Waals surface area (Å²) in [4.78, 5) is 13.5. The number of carboxylic acids is 1. The summed E-state index contributed by atoms with van der Waals surface area (Å²) in [5.41, 5.74) is 2.04. The van der Waals surface area contributed by atoms with Crippen molar-refractivity contribution in [3.63, 3.8) is 0 Å². The molecule has 1 atom stereocenters. The number of morpholine rings is 1. The predicted octanol–water partition coefficient (Wildman–Crippen LogP) is 1.33. The second-order valence-corrected chi connectivity index (χ2v) is 5.02. The summed E-state index contributed by atoms with van der Waals surface area (Å²) in [6.07, 6.45) is 0.445. The zero-order chi connectivity index (χ0) is 14.5. The number of aliphatic carboxylic acids is 1. The molecule has 1 saturated heterocycles. The molecular weight excluding hydrogens is 258 g/mol. The molecule has 1 heterocycles. The number of carboxylic acid groups (broad SMARTS) is 1. The quantitative estimate of drug-likeness (QED) is 0.881. The Morgan fingerprint density at radius 1 is 1.45 bits per heavy atom. The molecule has 0 bridgehead atoms. The van der Waals surface area contributed by atoms with Crippen LogP contribution in [0.15, 0.2) is 18.2 Å². The van der Waals surface area contributed by atoms with Crippen LogP contribution in [-0.4, -0.2) is 55.4 Å². The van der Waals surface area contributed by atoms with E-state index in [1.54, 1.807) is 7.11 Å². The first-order valence-corrected chi connectivity index (χ1v) is 6.80. The molecule has 0 saturated carbocycles. The summed E-state index contributed by atoms with van der Waals surface area (Å²) < 4.78 is 10.6.